The van der Waals surface area contributed by atoms with Gasteiger partial charge in [0, 0.05) is 32.2 Å². The minimum Gasteiger partial charge on any atom is -0.355 e. The molecule has 0 aliphatic carbocycles. The van der Waals surface area contributed by atoms with Gasteiger partial charge in [-0.05, 0) is 27.2 Å². The van der Waals surface area contributed by atoms with E-state index in [4.69, 9.17) is 0 Å². The molecule has 0 saturated carbocycles. The summed E-state index contributed by atoms with van der Waals surface area (Å²) < 4.78 is 24.7. The molecule has 1 fully saturated rings. The van der Waals surface area contributed by atoms with E-state index in [9.17, 15) is 8.42 Å². The third kappa shape index (κ3) is 6.75. The maximum absolute atomic E-state index is 11.6. The van der Waals surface area contributed by atoms with Crippen molar-refractivity contribution in [3.63, 3.8) is 0 Å². The Morgan fingerprint density at radius 1 is 1.37 bits per heavy atom. The molecular formula is C11H25IN4O2S. The molecule has 6 nitrogen and oxygen atoms in total. The van der Waals surface area contributed by atoms with Gasteiger partial charge in [0.1, 0.15) is 0 Å². The van der Waals surface area contributed by atoms with Gasteiger partial charge in [0.05, 0.1) is 5.75 Å². The molecule has 1 saturated heterocycles. The number of nitrogens with zero attached hydrogens (tertiary/aromatic N) is 2. The normalized spacial score (nSPS) is 19.9. The van der Waals surface area contributed by atoms with Crippen LogP contribution >= 0.6 is 24.0 Å². The smallest absolute Gasteiger partial charge is 0.214 e. The van der Waals surface area contributed by atoms with Gasteiger partial charge in [-0.3, -0.25) is 4.99 Å². The summed E-state index contributed by atoms with van der Waals surface area (Å²) in [6.45, 7) is 7.83. The molecule has 2 N–H and O–H groups in total. The summed E-state index contributed by atoms with van der Waals surface area (Å²) in [4.78, 5) is 4.10. The van der Waals surface area contributed by atoms with Crippen molar-refractivity contribution in [3.8, 4) is 0 Å². The lowest BCUT2D eigenvalue weighted by Crippen LogP contribution is -2.49. The molecule has 1 aliphatic heterocycles. The standard InChI is InChI=1S/C11H24N4O2S.HI/c1-11(2,3)14-10(12-4)13-6-8-15-7-5-9-18(15,16)17;/h5-9H2,1-4H3,(H2,12,13,14);1H. The third-order valence-corrected chi connectivity index (χ3v) is 4.53. The van der Waals surface area contributed by atoms with Gasteiger partial charge in [-0.1, -0.05) is 0 Å². The van der Waals surface area contributed by atoms with Gasteiger partial charge < -0.3 is 10.6 Å². The van der Waals surface area contributed by atoms with Crippen molar-refractivity contribution in [1.82, 2.24) is 14.9 Å². The van der Waals surface area contributed by atoms with Crippen molar-refractivity contribution in [3.05, 3.63) is 0 Å². The molecule has 1 rings (SSSR count). The van der Waals surface area contributed by atoms with E-state index in [1.165, 1.54) is 4.31 Å². The predicted molar refractivity (Wildman–Crippen MR) is 89.6 cm³/mol. The fraction of sp³-hybridized carbons (Fsp3) is 0.909. The minimum absolute atomic E-state index is 0. The first-order valence-electron chi connectivity index (χ1n) is 6.21. The zero-order valence-corrected chi connectivity index (χ0v) is 15.2. The van der Waals surface area contributed by atoms with Crippen LogP contribution < -0.4 is 10.6 Å². The first-order chi connectivity index (χ1) is 8.24. The first kappa shape index (κ1) is 18.9. The summed E-state index contributed by atoms with van der Waals surface area (Å²) in [6.07, 6.45) is 0.733. The summed E-state index contributed by atoms with van der Waals surface area (Å²) in [6, 6.07) is 0. The SMILES string of the molecule is CN=C(NCCN1CCCS1(=O)=O)NC(C)(C)C.I. The highest BCUT2D eigenvalue weighted by molar-refractivity contribution is 14.0. The fourth-order valence-electron chi connectivity index (χ4n) is 1.78. The monoisotopic (exact) mass is 404 g/mol. The average molecular weight is 404 g/mol. The Labute approximate surface area is 133 Å². The van der Waals surface area contributed by atoms with Crippen molar-refractivity contribution in [2.75, 3.05) is 32.4 Å². The molecule has 1 heterocycles. The molecule has 0 spiro atoms. The van der Waals surface area contributed by atoms with Crippen LogP contribution in [0.1, 0.15) is 27.2 Å². The van der Waals surface area contributed by atoms with Crippen LogP contribution in [0.4, 0.5) is 0 Å². The third-order valence-electron chi connectivity index (χ3n) is 2.57. The van der Waals surface area contributed by atoms with Gasteiger partial charge >= 0.3 is 0 Å². The van der Waals surface area contributed by atoms with Gasteiger partial charge in [0.25, 0.3) is 0 Å². The Kier molecular flexibility index (Phi) is 7.59. The van der Waals surface area contributed by atoms with E-state index in [-0.39, 0.29) is 35.3 Å². The van der Waals surface area contributed by atoms with E-state index < -0.39 is 10.0 Å². The second-order valence-corrected chi connectivity index (χ2v) is 7.53. The van der Waals surface area contributed by atoms with Crippen LogP contribution in [-0.2, 0) is 10.0 Å². The van der Waals surface area contributed by atoms with E-state index in [0.29, 0.717) is 25.6 Å². The van der Waals surface area contributed by atoms with Crippen molar-refractivity contribution >= 4 is 40.0 Å². The number of guanidine groups is 1. The van der Waals surface area contributed by atoms with Crippen molar-refractivity contribution in [1.29, 1.82) is 0 Å². The largest absolute Gasteiger partial charge is 0.355 e. The first-order valence-corrected chi connectivity index (χ1v) is 7.82. The van der Waals surface area contributed by atoms with Gasteiger partial charge in [0.2, 0.25) is 10.0 Å². The molecule has 1 aliphatic rings. The molecule has 0 unspecified atom stereocenters. The summed E-state index contributed by atoms with van der Waals surface area (Å²) in [5, 5.41) is 6.35. The van der Waals surface area contributed by atoms with Gasteiger partial charge in [0.15, 0.2) is 5.96 Å². The number of hydrogen-bond acceptors (Lipinski definition) is 3. The maximum atomic E-state index is 11.6. The molecule has 0 aromatic heterocycles. The topological polar surface area (TPSA) is 73.8 Å². The second-order valence-electron chi connectivity index (χ2n) is 5.44. The predicted octanol–water partition coefficient (Wildman–Crippen LogP) is 0.603. The van der Waals surface area contributed by atoms with Crippen LogP contribution in [0.25, 0.3) is 0 Å². The van der Waals surface area contributed by atoms with E-state index in [0.717, 1.165) is 6.42 Å². The number of halogens is 1. The Morgan fingerprint density at radius 3 is 2.42 bits per heavy atom. The summed E-state index contributed by atoms with van der Waals surface area (Å²) in [5.41, 5.74) is -0.0679. The van der Waals surface area contributed by atoms with Crippen LogP contribution in [0.2, 0.25) is 0 Å². The Morgan fingerprint density at radius 2 is 2.00 bits per heavy atom. The molecule has 0 bridgehead atoms. The van der Waals surface area contributed by atoms with Crippen LogP contribution in [0.15, 0.2) is 4.99 Å². The second kappa shape index (κ2) is 7.63. The molecule has 8 heteroatoms. The molecular weight excluding hydrogens is 379 g/mol. The molecule has 19 heavy (non-hydrogen) atoms. The minimum atomic E-state index is -2.99. The molecule has 0 amide bonds. The Bertz CT molecular complexity index is 403. The highest BCUT2D eigenvalue weighted by atomic mass is 127. The quantitative estimate of drug-likeness (QED) is 0.411. The van der Waals surface area contributed by atoms with E-state index in [2.05, 4.69) is 15.6 Å². The van der Waals surface area contributed by atoms with Gasteiger partial charge in [-0.2, -0.15) is 0 Å². The number of aliphatic imine (C=N–C) groups is 1. The molecule has 114 valence electrons. The van der Waals surface area contributed by atoms with Gasteiger partial charge in [-0.25, -0.2) is 12.7 Å². The van der Waals surface area contributed by atoms with Crippen molar-refractivity contribution in [2.45, 2.75) is 32.7 Å². The molecule has 0 radical (unpaired) electrons. The number of sulfonamides is 1. The molecule has 0 aromatic carbocycles. The van der Waals surface area contributed by atoms with Crippen molar-refractivity contribution < 1.29 is 8.42 Å². The van der Waals surface area contributed by atoms with Crippen LogP contribution in [0.3, 0.4) is 0 Å². The molecule has 0 aromatic rings. The number of hydrogen-bond donors (Lipinski definition) is 2. The summed E-state index contributed by atoms with van der Waals surface area (Å²) >= 11 is 0. The number of nitrogens with one attached hydrogen (secondary N) is 2. The Balaban J connectivity index is 0.00000324. The lowest BCUT2D eigenvalue weighted by Gasteiger charge is -2.24. The van der Waals surface area contributed by atoms with Crippen LogP contribution in [0.5, 0.6) is 0 Å². The lowest BCUT2D eigenvalue weighted by atomic mass is 10.1. The van der Waals surface area contributed by atoms with E-state index in [1.807, 2.05) is 20.8 Å². The van der Waals surface area contributed by atoms with Gasteiger partial charge in [-0.15, -0.1) is 24.0 Å². The van der Waals surface area contributed by atoms with Crippen LogP contribution in [-0.4, -0.2) is 56.7 Å². The Hall–Kier alpha value is -0.0900. The summed E-state index contributed by atoms with van der Waals surface area (Å²) in [7, 11) is -1.29. The van der Waals surface area contributed by atoms with E-state index >= 15 is 0 Å². The van der Waals surface area contributed by atoms with Crippen LogP contribution in [0, 0.1) is 0 Å². The number of rotatable bonds is 3. The molecule has 0 atom stereocenters. The highest BCUT2D eigenvalue weighted by Crippen LogP contribution is 2.11. The zero-order valence-electron chi connectivity index (χ0n) is 12.1. The van der Waals surface area contributed by atoms with Crippen molar-refractivity contribution in [2.24, 2.45) is 4.99 Å². The van der Waals surface area contributed by atoms with E-state index in [1.54, 1.807) is 7.05 Å². The lowest BCUT2D eigenvalue weighted by molar-refractivity contribution is 0.441. The maximum Gasteiger partial charge on any atom is 0.214 e. The highest BCUT2D eigenvalue weighted by Gasteiger charge is 2.27. The zero-order chi connectivity index (χ0) is 13.8. The fourth-order valence-corrected chi connectivity index (χ4v) is 3.30. The summed E-state index contributed by atoms with van der Waals surface area (Å²) in [5.74, 6) is 0.973. The average Bonchev–Trinajstić information content (AvgIpc) is 2.55.